The molecule has 1 aromatic rings. The van der Waals surface area contributed by atoms with E-state index >= 15 is 0 Å². The Morgan fingerprint density at radius 1 is 1.18 bits per heavy atom. The molecule has 11 heavy (non-hydrogen) atoms. The fourth-order valence-corrected chi connectivity index (χ4v) is 1.25. The van der Waals surface area contributed by atoms with Crippen LogP contribution in [0, 0.1) is 5.92 Å². The summed E-state index contributed by atoms with van der Waals surface area (Å²) in [6, 6.07) is 10.6. The highest BCUT2D eigenvalue weighted by molar-refractivity contribution is 6.53. The van der Waals surface area contributed by atoms with E-state index in [9.17, 15) is 0 Å². The van der Waals surface area contributed by atoms with Gasteiger partial charge in [0.2, 0.25) is 0 Å². The van der Waals surface area contributed by atoms with E-state index < -0.39 is 0 Å². The van der Waals surface area contributed by atoms with Crippen molar-refractivity contribution in [1.82, 2.24) is 0 Å². The SMILES string of the molecule is [B](CC1CC1)c1ccccc1. The molecule has 0 N–H and O–H groups in total. The first-order chi connectivity index (χ1) is 5.45. The van der Waals surface area contributed by atoms with Crippen LogP contribution in [0.4, 0.5) is 0 Å². The van der Waals surface area contributed by atoms with E-state index in [0.717, 1.165) is 5.92 Å². The van der Waals surface area contributed by atoms with Gasteiger partial charge < -0.3 is 0 Å². The largest absolute Gasteiger partial charge is 0.151 e. The fourth-order valence-electron chi connectivity index (χ4n) is 1.25. The van der Waals surface area contributed by atoms with Crippen LogP contribution in [-0.2, 0) is 0 Å². The Bertz CT molecular complexity index is 214. The molecule has 2 rings (SSSR count). The summed E-state index contributed by atoms with van der Waals surface area (Å²) >= 11 is 0. The van der Waals surface area contributed by atoms with Crippen molar-refractivity contribution >= 4 is 12.7 Å². The van der Waals surface area contributed by atoms with Crippen LogP contribution in [0.3, 0.4) is 0 Å². The van der Waals surface area contributed by atoms with E-state index in [2.05, 4.69) is 37.6 Å². The Morgan fingerprint density at radius 3 is 2.55 bits per heavy atom. The first-order valence-corrected chi connectivity index (χ1v) is 4.33. The Hall–Kier alpha value is -0.715. The lowest BCUT2D eigenvalue weighted by Crippen LogP contribution is -2.12. The van der Waals surface area contributed by atoms with Gasteiger partial charge in [-0.05, 0) is 5.92 Å². The molecule has 1 fully saturated rings. The van der Waals surface area contributed by atoms with Crippen LogP contribution in [0.25, 0.3) is 0 Å². The standard InChI is InChI=1S/C10H12B/c1-2-4-10(5-3-1)11-8-9-6-7-9/h1-5,9H,6-8H2. The lowest BCUT2D eigenvalue weighted by Gasteiger charge is -1.95. The van der Waals surface area contributed by atoms with Gasteiger partial charge in [0.05, 0.1) is 0 Å². The predicted octanol–water partition coefficient (Wildman–Crippen LogP) is 1.84. The van der Waals surface area contributed by atoms with Gasteiger partial charge in [-0.15, -0.1) is 0 Å². The van der Waals surface area contributed by atoms with E-state index in [4.69, 9.17) is 0 Å². The molecule has 1 aromatic carbocycles. The first kappa shape index (κ1) is 6.96. The summed E-state index contributed by atoms with van der Waals surface area (Å²) in [5, 5.41) is 0. The van der Waals surface area contributed by atoms with Gasteiger partial charge in [0.25, 0.3) is 0 Å². The third-order valence-corrected chi connectivity index (χ3v) is 2.18. The minimum Gasteiger partial charge on any atom is -0.0878 e. The molecule has 0 unspecified atom stereocenters. The molecule has 0 heterocycles. The Balaban J connectivity index is 1.85. The van der Waals surface area contributed by atoms with E-state index in [1.165, 1.54) is 24.6 Å². The highest BCUT2D eigenvalue weighted by atomic mass is 14.2. The molecule has 0 aliphatic heterocycles. The van der Waals surface area contributed by atoms with Crippen LogP contribution >= 0.6 is 0 Å². The Morgan fingerprint density at radius 2 is 1.91 bits per heavy atom. The number of benzene rings is 1. The lowest BCUT2D eigenvalue weighted by atomic mass is 9.66. The molecule has 1 radical (unpaired) electrons. The number of hydrogen-bond donors (Lipinski definition) is 0. The topological polar surface area (TPSA) is 0 Å². The fraction of sp³-hybridized carbons (Fsp3) is 0.400. The second-order valence-electron chi connectivity index (χ2n) is 3.29. The molecule has 0 amide bonds. The summed E-state index contributed by atoms with van der Waals surface area (Å²) in [5.41, 5.74) is 1.37. The second-order valence-corrected chi connectivity index (χ2v) is 3.29. The van der Waals surface area contributed by atoms with Crippen molar-refractivity contribution in [1.29, 1.82) is 0 Å². The van der Waals surface area contributed by atoms with Crippen molar-refractivity contribution < 1.29 is 0 Å². The molecule has 1 aliphatic carbocycles. The highest BCUT2D eigenvalue weighted by Crippen LogP contribution is 2.32. The van der Waals surface area contributed by atoms with Gasteiger partial charge in [0.15, 0.2) is 7.28 Å². The molecular formula is C10H12B. The first-order valence-electron chi connectivity index (χ1n) is 4.33. The average molecular weight is 143 g/mol. The average Bonchev–Trinajstić information content (AvgIpc) is 2.86. The van der Waals surface area contributed by atoms with Crippen molar-refractivity contribution in [3.8, 4) is 0 Å². The van der Waals surface area contributed by atoms with Crippen molar-refractivity contribution in [2.24, 2.45) is 5.92 Å². The quantitative estimate of drug-likeness (QED) is 0.566. The van der Waals surface area contributed by atoms with Crippen molar-refractivity contribution in [3.63, 3.8) is 0 Å². The van der Waals surface area contributed by atoms with Gasteiger partial charge in [-0.1, -0.05) is 55.0 Å². The summed E-state index contributed by atoms with van der Waals surface area (Å²) < 4.78 is 0. The van der Waals surface area contributed by atoms with Gasteiger partial charge in [-0.25, -0.2) is 0 Å². The van der Waals surface area contributed by atoms with E-state index in [-0.39, 0.29) is 0 Å². The summed E-state index contributed by atoms with van der Waals surface area (Å²) in [5.74, 6) is 1.01. The zero-order valence-corrected chi connectivity index (χ0v) is 6.66. The van der Waals surface area contributed by atoms with Crippen LogP contribution in [0.5, 0.6) is 0 Å². The van der Waals surface area contributed by atoms with Crippen LogP contribution < -0.4 is 5.46 Å². The molecule has 55 valence electrons. The molecular weight excluding hydrogens is 131 g/mol. The normalized spacial score (nSPS) is 16.4. The van der Waals surface area contributed by atoms with Crippen LogP contribution in [0.1, 0.15) is 12.8 Å². The molecule has 0 saturated heterocycles. The summed E-state index contributed by atoms with van der Waals surface area (Å²) in [6.07, 6.45) is 4.18. The number of hydrogen-bond acceptors (Lipinski definition) is 0. The highest BCUT2D eigenvalue weighted by Gasteiger charge is 2.20. The van der Waals surface area contributed by atoms with E-state index in [0.29, 0.717) is 0 Å². The maximum atomic E-state index is 2.34. The van der Waals surface area contributed by atoms with Crippen LogP contribution in [0.2, 0.25) is 6.32 Å². The summed E-state index contributed by atoms with van der Waals surface area (Å²) in [4.78, 5) is 0. The van der Waals surface area contributed by atoms with Crippen molar-refractivity contribution in [2.45, 2.75) is 19.2 Å². The van der Waals surface area contributed by atoms with Crippen LogP contribution in [-0.4, -0.2) is 7.28 Å². The maximum absolute atomic E-state index is 2.34. The Labute approximate surface area is 68.9 Å². The summed E-state index contributed by atoms with van der Waals surface area (Å²) in [7, 11) is 2.34. The van der Waals surface area contributed by atoms with Gasteiger partial charge in [-0.3, -0.25) is 0 Å². The lowest BCUT2D eigenvalue weighted by molar-refractivity contribution is 0.973. The maximum Gasteiger partial charge on any atom is 0.151 e. The second kappa shape index (κ2) is 3.12. The third-order valence-electron chi connectivity index (χ3n) is 2.18. The molecule has 0 aromatic heterocycles. The minimum atomic E-state index is 1.01. The predicted molar refractivity (Wildman–Crippen MR) is 49.4 cm³/mol. The van der Waals surface area contributed by atoms with Gasteiger partial charge in [-0.2, -0.15) is 0 Å². The van der Waals surface area contributed by atoms with Crippen molar-refractivity contribution in [3.05, 3.63) is 30.3 Å². The van der Waals surface area contributed by atoms with E-state index in [1.54, 1.807) is 0 Å². The molecule has 0 nitrogen and oxygen atoms in total. The molecule has 1 aliphatic rings. The van der Waals surface area contributed by atoms with Gasteiger partial charge in [0, 0.05) is 0 Å². The smallest absolute Gasteiger partial charge is 0.0878 e. The zero-order valence-electron chi connectivity index (χ0n) is 6.66. The third kappa shape index (κ3) is 2.11. The van der Waals surface area contributed by atoms with E-state index in [1.807, 2.05) is 0 Å². The van der Waals surface area contributed by atoms with Gasteiger partial charge in [0.1, 0.15) is 0 Å². The minimum absolute atomic E-state index is 1.01. The molecule has 1 saturated carbocycles. The Kier molecular flexibility index (Phi) is 1.98. The molecule has 0 spiro atoms. The molecule has 0 atom stereocenters. The molecule has 1 heteroatoms. The number of rotatable bonds is 3. The van der Waals surface area contributed by atoms with Gasteiger partial charge >= 0.3 is 0 Å². The van der Waals surface area contributed by atoms with Crippen molar-refractivity contribution in [2.75, 3.05) is 0 Å². The summed E-state index contributed by atoms with van der Waals surface area (Å²) in [6.45, 7) is 0. The monoisotopic (exact) mass is 143 g/mol. The zero-order chi connectivity index (χ0) is 7.52. The van der Waals surface area contributed by atoms with Crippen LogP contribution in [0.15, 0.2) is 30.3 Å². The molecule has 0 bridgehead atoms.